The van der Waals surface area contributed by atoms with Crippen LogP contribution >= 0.6 is 11.6 Å². The van der Waals surface area contributed by atoms with Crippen molar-refractivity contribution in [3.8, 4) is 0 Å². The molecule has 1 heterocycles. The lowest BCUT2D eigenvalue weighted by atomic mass is 10.2. The fourth-order valence-corrected chi connectivity index (χ4v) is 3.46. The van der Waals surface area contributed by atoms with Crippen LogP contribution in [0.5, 0.6) is 0 Å². The maximum Gasteiger partial charge on any atom is 0.337 e. The summed E-state index contributed by atoms with van der Waals surface area (Å²) in [6, 6.07) is 13.7. The van der Waals surface area contributed by atoms with Crippen LogP contribution in [0.4, 0.5) is 11.4 Å². The standard InChI is InChI=1S/C22H25ClN4O4/c1-31-22(30)16-6-8-17(9-7-16)24-20(28)14-26-10-12-27(13-11-26)15-21(29)25-19-5-3-2-4-18(19)23/h2-9H,10-15H2,1H3,(H,24,28)(H,25,29). The number of carbonyl (C=O) groups is 3. The fourth-order valence-electron chi connectivity index (χ4n) is 3.27. The summed E-state index contributed by atoms with van der Waals surface area (Å²) in [4.78, 5) is 40.1. The van der Waals surface area contributed by atoms with Crippen LogP contribution in [0.2, 0.25) is 5.02 Å². The van der Waals surface area contributed by atoms with Gasteiger partial charge >= 0.3 is 5.97 Å². The molecular weight excluding hydrogens is 420 g/mol. The number of esters is 1. The maximum atomic E-state index is 12.3. The minimum atomic E-state index is -0.420. The Morgan fingerprint density at radius 1 is 0.871 bits per heavy atom. The Labute approximate surface area is 186 Å². The number of nitrogens with zero attached hydrogens (tertiary/aromatic N) is 2. The van der Waals surface area contributed by atoms with E-state index < -0.39 is 5.97 Å². The van der Waals surface area contributed by atoms with Gasteiger partial charge in [-0.05, 0) is 36.4 Å². The molecule has 1 aliphatic rings. The largest absolute Gasteiger partial charge is 0.465 e. The molecule has 0 aromatic heterocycles. The van der Waals surface area contributed by atoms with Crippen LogP contribution in [-0.4, -0.2) is 74.0 Å². The van der Waals surface area contributed by atoms with E-state index >= 15 is 0 Å². The van der Waals surface area contributed by atoms with Gasteiger partial charge in [0.1, 0.15) is 0 Å². The van der Waals surface area contributed by atoms with Gasteiger partial charge in [-0.1, -0.05) is 23.7 Å². The molecule has 1 aliphatic heterocycles. The SMILES string of the molecule is COC(=O)c1ccc(NC(=O)CN2CCN(CC(=O)Nc3ccccc3Cl)CC2)cc1. The van der Waals surface area contributed by atoms with E-state index in [0.29, 0.717) is 48.1 Å². The average Bonchev–Trinajstić information content (AvgIpc) is 2.76. The number of para-hydroxylation sites is 1. The van der Waals surface area contributed by atoms with Gasteiger partial charge in [-0.2, -0.15) is 0 Å². The molecule has 0 unspecified atom stereocenters. The minimum Gasteiger partial charge on any atom is -0.465 e. The predicted octanol–water partition coefficient (Wildman–Crippen LogP) is 2.32. The first kappa shape index (κ1) is 22.7. The first-order valence-electron chi connectivity index (χ1n) is 9.92. The summed E-state index contributed by atoms with van der Waals surface area (Å²) in [5.41, 5.74) is 1.65. The molecular formula is C22H25ClN4O4. The molecule has 0 saturated carbocycles. The molecule has 2 amide bonds. The maximum absolute atomic E-state index is 12.3. The molecule has 164 valence electrons. The van der Waals surface area contributed by atoms with Crippen molar-refractivity contribution in [3.05, 3.63) is 59.1 Å². The molecule has 0 spiro atoms. The van der Waals surface area contributed by atoms with Crippen molar-refractivity contribution in [2.45, 2.75) is 0 Å². The van der Waals surface area contributed by atoms with Crippen molar-refractivity contribution < 1.29 is 19.1 Å². The van der Waals surface area contributed by atoms with Gasteiger partial charge in [-0.25, -0.2) is 4.79 Å². The summed E-state index contributed by atoms with van der Waals surface area (Å²) in [6.07, 6.45) is 0. The lowest BCUT2D eigenvalue weighted by Crippen LogP contribution is -2.50. The molecule has 0 radical (unpaired) electrons. The number of hydrogen-bond donors (Lipinski definition) is 2. The highest BCUT2D eigenvalue weighted by atomic mass is 35.5. The number of nitrogens with one attached hydrogen (secondary N) is 2. The number of rotatable bonds is 7. The smallest absolute Gasteiger partial charge is 0.337 e. The second kappa shape index (κ2) is 10.9. The summed E-state index contributed by atoms with van der Waals surface area (Å²) in [5.74, 6) is -0.665. The Bertz CT molecular complexity index is 927. The molecule has 0 atom stereocenters. The van der Waals surface area contributed by atoms with Crippen molar-refractivity contribution in [1.82, 2.24) is 9.80 Å². The molecule has 1 saturated heterocycles. The van der Waals surface area contributed by atoms with E-state index in [1.165, 1.54) is 7.11 Å². The van der Waals surface area contributed by atoms with Crippen molar-refractivity contribution in [2.24, 2.45) is 0 Å². The van der Waals surface area contributed by atoms with E-state index in [9.17, 15) is 14.4 Å². The summed E-state index contributed by atoms with van der Waals surface area (Å²) < 4.78 is 4.66. The minimum absolute atomic E-state index is 0.116. The first-order valence-corrected chi connectivity index (χ1v) is 10.3. The van der Waals surface area contributed by atoms with Crippen LogP contribution in [0.15, 0.2) is 48.5 Å². The number of carbonyl (C=O) groups excluding carboxylic acids is 3. The molecule has 9 heteroatoms. The highest BCUT2D eigenvalue weighted by molar-refractivity contribution is 6.33. The van der Waals surface area contributed by atoms with Gasteiger partial charge in [-0.3, -0.25) is 19.4 Å². The number of ether oxygens (including phenoxy) is 1. The third-order valence-corrected chi connectivity index (χ3v) is 5.27. The molecule has 1 fully saturated rings. The normalized spacial score (nSPS) is 14.6. The van der Waals surface area contributed by atoms with Crippen molar-refractivity contribution >= 4 is 40.8 Å². The Kier molecular flexibility index (Phi) is 8.00. The summed E-state index contributed by atoms with van der Waals surface area (Å²) in [7, 11) is 1.32. The summed E-state index contributed by atoms with van der Waals surface area (Å²) in [6.45, 7) is 3.30. The Balaban J connectivity index is 1.39. The number of hydrogen-bond acceptors (Lipinski definition) is 6. The monoisotopic (exact) mass is 444 g/mol. The van der Waals surface area contributed by atoms with E-state index in [1.807, 2.05) is 21.9 Å². The highest BCUT2D eigenvalue weighted by Crippen LogP contribution is 2.20. The second-order valence-corrected chi connectivity index (χ2v) is 7.60. The third-order valence-electron chi connectivity index (χ3n) is 4.94. The lowest BCUT2D eigenvalue weighted by Gasteiger charge is -2.33. The zero-order chi connectivity index (χ0) is 22.2. The number of piperazine rings is 1. The Morgan fingerprint density at radius 2 is 1.42 bits per heavy atom. The van der Waals surface area contributed by atoms with Gasteiger partial charge < -0.3 is 15.4 Å². The zero-order valence-corrected chi connectivity index (χ0v) is 18.0. The van der Waals surface area contributed by atoms with Crippen LogP contribution in [0.25, 0.3) is 0 Å². The molecule has 3 rings (SSSR count). The van der Waals surface area contributed by atoms with Gasteiger partial charge in [-0.15, -0.1) is 0 Å². The van der Waals surface area contributed by atoms with E-state index in [2.05, 4.69) is 15.4 Å². The number of methoxy groups -OCH3 is 1. The van der Waals surface area contributed by atoms with Crippen LogP contribution in [0, 0.1) is 0 Å². The predicted molar refractivity (Wildman–Crippen MR) is 119 cm³/mol. The van der Waals surface area contributed by atoms with Gasteiger partial charge in [0.15, 0.2) is 0 Å². The van der Waals surface area contributed by atoms with Crippen LogP contribution < -0.4 is 10.6 Å². The highest BCUT2D eigenvalue weighted by Gasteiger charge is 2.21. The topological polar surface area (TPSA) is 91.0 Å². The van der Waals surface area contributed by atoms with Crippen molar-refractivity contribution in [3.63, 3.8) is 0 Å². The molecule has 2 N–H and O–H groups in total. The van der Waals surface area contributed by atoms with Crippen molar-refractivity contribution in [2.75, 3.05) is 57.0 Å². The van der Waals surface area contributed by atoms with E-state index in [0.717, 1.165) is 0 Å². The molecule has 8 nitrogen and oxygen atoms in total. The number of halogens is 1. The van der Waals surface area contributed by atoms with Gasteiger partial charge in [0, 0.05) is 31.9 Å². The molecule has 0 bridgehead atoms. The quantitative estimate of drug-likeness (QED) is 0.637. The molecule has 31 heavy (non-hydrogen) atoms. The van der Waals surface area contributed by atoms with E-state index in [-0.39, 0.29) is 24.9 Å². The Morgan fingerprint density at radius 3 is 1.97 bits per heavy atom. The van der Waals surface area contributed by atoms with Gasteiger partial charge in [0.25, 0.3) is 0 Å². The zero-order valence-electron chi connectivity index (χ0n) is 17.3. The van der Waals surface area contributed by atoms with Gasteiger partial charge in [0.2, 0.25) is 11.8 Å². The fraction of sp³-hybridized carbons (Fsp3) is 0.318. The number of amides is 2. The first-order chi connectivity index (χ1) is 14.9. The van der Waals surface area contributed by atoms with Crippen LogP contribution in [-0.2, 0) is 14.3 Å². The summed E-state index contributed by atoms with van der Waals surface area (Å²) >= 11 is 6.07. The summed E-state index contributed by atoms with van der Waals surface area (Å²) in [5, 5.41) is 6.16. The average molecular weight is 445 g/mol. The van der Waals surface area contributed by atoms with Gasteiger partial charge in [0.05, 0.1) is 36.5 Å². The molecule has 0 aliphatic carbocycles. The van der Waals surface area contributed by atoms with E-state index in [4.69, 9.17) is 11.6 Å². The molecule has 2 aromatic carbocycles. The van der Waals surface area contributed by atoms with Crippen molar-refractivity contribution in [1.29, 1.82) is 0 Å². The van der Waals surface area contributed by atoms with Crippen LogP contribution in [0.3, 0.4) is 0 Å². The number of benzene rings is 2. The van der Waals surface area contributed by atoms with E-state index in [1.54, 1.807) is 36.4 Å². The second-order valence-electron chi connectivity index (χ2n) is 7.20. The molecule has 2 aromatic rings. The third kappa shape index (κ3) is 6.78. The van der Waals surface area contributed by atoms with Crippen LogP contribution in [0.1, 0.15) is 10.4 Å². The Hall–Kier alpha value is -2.94. The lowest BCUT2D eigenvalue weighted by molar-refractivity contribution is -0.120. The number of anilines is 2.